The summed E-state index contributed by atoms with van der Waals surface area (Å²) >= 11 is 0. The van der Waals surface area contributed by atoms with Gasteiger partial charge in [0.15, 0.2) is 5.96 Å². The quantitative estimate of drug-likeness (QED) is 0.0287. The molecule has 0 aromatic carbocycles. The molecule has 13 N–H and O–H groups in total. The van der Waals surface area contributed by atoms with Crippen LogP contribution in [0.2, 0.25) is 0 Å². The lowest BCUT2D eigenvalue weighted by atomic mass is 9.98. The van der Waals surface area contributed by atoms with E-state index in [2.05, 4.69) is 26.3 Å². The maximum atomic E-state index is 13.8. The number of carboxylic acid groups (broad SMARTS) is 3. The molecular formula is C36H60N10O12. The number of carbonyl (C=O) groups excluding carboxylic acids is 6. The molecule has 0 aromatic rings. The van der Waals surface area contributed by atoms with Crippen molar-refractivity contribution in [2.45, 2.75) is 134 Å². The van der Waals surface area contributed by atoms with Crippen LogP contribution in [0, 0.1) is 11.8 Å². The van der Waals surface area contributed by atoms with E-state index >= 15 is 0 Å². The molecule has 2 heterocycles. The molecule has 2 rings (SSSR count). The average molecular weight is 825 g/mol. The number of hydrogen-bond donors (Lipinski definition) is 10. The van der Waals surface area contributed by atoms with Gasteiger partial charge in [-0.05, 0) is 56.8 Å². The topological polar surface area (TPSA) is 359 Å². The summed E-state index contributed by atoms with van der Waals surface area (Å²) in [6.45, 7) is 7.25. The Bertz CT molecular complexity index is 1550. The van der Waals surface area contributed by atoms with Gasteiger partial charge in [0, 0.05) is 26.1 Å². The van der Waals surface area contributed by atoms with E-state index < -0.39 is 115 Å². The first-order valence-electron chi connectivity index (χ1n) is 19.5. The Labute approximate surface area is 336 Å². The van der Waals surface area contributed by atoms with Gasteiger partial charge in [-0.25, -0.2) is 4.79 Å². The van der Waals surface area contributed by atoms with Crippen molar-refractivity contribution in [3.63, 3.8) is 0 Å². The second-order valence-corrected chi connectivity index (χ2v) is 15.0. The number of guanidine groups is 1. The zero-order valence-corrected chi connectivity index (χ0v) is 33.5. The minimum Gasteiger partial charge on any atom is -0.481 e. The first-order chi connectivity index (χ1) is 27.2. The average Bonchev–Trinajstić information content (AvgIpc) is 3.85. The number of carboxylic acids is 3. The Kier molecular flexibility index (Phi) is 19.3. The summed E-state index contributed by atoms with van der Waals surface area (Å²) in [5, 5.41) is 37.9. The molecule has 2 saturated heterocycles. The molecule has 2 fully saturated rings. The summed E-state index contributed by atoms with van der Waals surface area (Å²) in [5.41, 5.74) is 17.0. The van der Waals surface area contributed by atoms with Gasteiger partial charge in [0.2, 0.25) is 35.4 Å². The van der Waals surface area contributed by atoms with E-state index in [1.54, 1.807) is 0 Å². The molecule has 22 heteroatoms. The lowest BCUT2D eigenvalue weighted by Crippen LogP contribution is -2.60. The molecule has 58 heavy (non-hydrogen) atoms. The zero-order valence-electron chi connectivity index (χ0n) is 33.5. The Balaban J connectivity index is 2.32. The molecule has 0 aliphatic carbocycles. The van der Waals surface area contributed by atoms with E-state index in [9.17, 15) is 58.5 Å². The predicted molar refractivity (Wildman–Crippen MR) is 206 cm³/mol. The van der Waals surface area contributed by atoms with Crippen LogP contribution < -0.4 is 38.5 Å². The molecule has 0 radical (unpaired) electrons. The van der Waals surface area contributed by atoms with Crippen LogP contribution in [0.15, 0.2) is 4.99 Å². The van der Waals surface area contributed by atoms with Gasteiger partial charge in [-0.1, -0.05) is 34.1 Å². The third-order valence-corrected chi connectivity index (χ3v) is 10.3. The van der Waals surface area contributed by atoms with Crippen LogP contribution in [0.5, 0.6) is 0 Å². The van der Waals surface area contributed by atoms with E-state index in [-0.39, 0.29) is 50.1 Å². The SMILES string of the molecule is CCC(C)C(N)C(=O)N1CCCC1C(=O)N1CCCC1C(=O)NC(CC(=O)O)C(=O)NC(CCCN=C(N)N)C(=O)NC(CCC(=O)O)C(=O)NC(C(=O)O)C(C)C. The standard InChI is InChI=1S/C36H60N10O12/c1-5-19(4)27(37)34(56)46-16-8-11-24(46)33(55)45-15-7-10-23(45)32(54)43-22(17-26(49)50)31(53)41-20(9-6-14-40-36(38)39)29(51)42-21(12-13-25(47)48)30(52)44-28(18(2)3)35(57)58/h18-24,27-28H,5-17,37H2,1-4H3,(H,41,53)(H,42,51)(H,43,54)(H,44,52)(H,47,48)(H,49,50)(H,57,58)(H4,38,39,40). The first kappa shape index (κ1) is 48.6. The normalized spacial score (nSPS) is 19.5. The molecule has 8 unspecified atom stereocenters. The monoisotopic (exact) mass is 824 g/mol. The van der Waals surface area contributed by atoms with E-state index in [0.717, 1.165) is 0 Å². The molecule has 0 saturated carbocycles. The van der Waals surface area contributed by atoms with Gasteiger partial charge in [0.05, 0.1) is 12.5 Å². The Morgan fingerprint density at radius 3 is 1.83 bits per heavy atom. The Morgan fingerprint density at radius 1 is 0.741 bits per heavy atom. The number of hydrogen-bond acceptors (Lipinski definition) is 11. The first-order valence-corrected chi connectivity index (χ1v) is 19.5. The molecular weight excluding hydrogens is 764 g/mol. The highest BCUT2D eigenvalue weighted by molar-refractivity contribution is 5.98. The summed E-state index contributed by atoms with van der Waals surface area (Å²) < 4.78 is 0. The van der Waals surface area contributed by atoms with Crippen molar-refractivity contribution in [2.24, 2.45) is 34.0 Å². The number of aliphatic carboxylic acids is 3. The molecule has 326 valence electrons. The summed E-state index contributed by atoms with van der Waals surface area (Å²) in [4.78, 5) is 123. The fourth-order valence-corrected chi connectivity index (χ4v) is 6.74. The highest BCUT2D eigenvalue weighted by atomic mass is 16.4. The van der Waals surface area contributed by atoms with Gasteiger partial charge in [-0.3, -0.25) is 43.3 Å². The smallest absolute Gasteiger partial charge is 0.326 e. The van der Waals surface area contributed by atoms with Crippen LogP contribution in [0.25, 0.3) is 0 Å². The summed E-state index contributed by atoms with van der Waals surface area (Å²) in [5.74, 6) is -9.97. The molecule has 0 bridgehead atoms. The number of amides is 6. The van der Waals surface area contributed by atoms with Crippen LogP contribution in [-0.2, 0) is 43.2 Å². The van der Waals surface area contributed by atoms with Crippen LogP contribution in [0.3, 0.4) is 0 Å². The minimum atomic E-state index is -1.76. The molecule has 6 amide bonds. The van der Waals surface area contributed by atoms with Crippen molar-refractivity contribution in [1.29, 1.82) is 0 Å². The second-order valence-electron chi connectivity index (χ2n) is 15.0. The molecule has 8 atom stereocenters. The maximum Gasteiger partial charge on any atom is 0.326 e. The number of nitrogens with two attached hydrogens (primary N) is 3. The number of aliphatic imine (C=N–C) groups is 1. The third kappa shape index (κ3) is 14.4. The molecule has 0 spiro atoms. The van der Waals surface area contributed by atoms with Gasteiger partial charge >= 0.3 is 17.9 Å². The fraction of sp³-hybridized carbons (Fsp3) is 0.722. The maximum absolute atomic E-state index is 13.8. The van der Waals surface area contributed by atoms with Crippen LogP contribution in [0.4, 0.5) is 0 Å². The van der Waals surface area contributed by atoms with Crippen molar-refractivity contribution in [2.75, 3.05) is 19.6 Å². The lowest BCUT2D eigenvalue weighted by Gasteiger charge is -2.33. The number of likely N-dealkylation sites (tertiary alicyclic amines) is 2. The Hall–Kier alpha value is -5.54. The van der Waals surface area contributed by atoms with Gasteiger partial charge in [0.25, 0.3) is 0 Å². The van der Waals surface area contributed by atoms with Crippen LogP contribution in [0.1, 0.15) is 91.9 Å². The van der Waals surface area contributed by atoms with Crippen molar-refractivity contribution < 1.29 is 58.5 Å². The molecule has 22 nitrogen and oxygen atoms in total. The zero-order chi connectivity index (χ0) is 43.9. The predicted octanol–water partition coefficient (Wildman–Crippen LogP) is -2.59. The third-order valence-electron chi connectivity index (χ3n) is 10.3. The number of carbonyl (C=O) groups is 9. The van der Waals surface area contributed by atoms with E-state index in [1.165, 1.54) is 23.6 Å². The van der Waals surface area contributed by atoms with E-state index in [1.807, 2.05) is 13.8 Å². The van der Waals surface area contributed by atoms with Crippen LogP contribution in [-0.4, -0.2) is 146 Å². The number of rotatable bonds is 23. The summed E-state index contributed by atoms with van der Waals surface area (Å²) in [6, 6.07) is -9.01. The van der Waals surface area contributed by atoms with Crippen LogP contribution >= 0.6 is 0 Å². The molecule has 2 aliphatic heterocycles. The fourth-order valence-electron chi connectivity index (χ4n) is 6.74. The number of nitrogens with zero attached hydrogens (tertiary/aromatic N) is 3. The van der Waals surface area contributed by atoms with E-state index in [4.69, 9.17) is 17.2 Å². The van der Waals surface area contributed by atoms with E-state index in [0.29, 0.717) is 32.2 Å². The highest BCUT2D eigenvalue weighted by Gasteiger charge is 2.44. The largest absolute Gasteiger partial charge is 0.481 e. The van der Waals surface area contributed by atoms with Crippen molar-refractivity contribution in [3.8, 4) is 0 Å². The van der Waals surface area contributed by atoms with Crippen molar-refractivity contribution >= 4 is 59.3 Å². The van der Waals surface area contributed by atoms with Gasteiger partial charge in [-0.15, -0.1) is 0 Å². The van der Waals surface area contributed by atoms with Gasteiger partial charge in [0.1, 0.15) is 36.3 Å². The molecule has 2 aliphatic rings. The lowest BCUT2D eigenvalue weighted by molar-refractivity contribution is -0.148. The highest BCUT2D eigenvalue weighted by Crippen LogP contribution is 2.26. The number of nitrogens with one attached hydrogen (secondary N) is 4. The summed E-state index contributed by atoms with van der Waals surface area (Å²) in [6.07, 6.45) is 0.0199. The summed E-state index contributed by atoms with van der Waals surface area (Å²) in [7, 11) is 0. The van der Waals surface area contributed by atoms with Crippen molar-refractivity contribution in [3.05, 3.63) is 0 Å². The molecule has 0 aromatic heterocycles. The second kappa shape index (κ2) is 23.0. The minimum absolute atomic E-state index is 0.0198. The van der Waals surface area contributed by atoms with Gasteiger partial charge in [-0.2, -0.15) is 0 Å². The van der Waals surface area contributed by atoms with Crippen molar-refractivity contribution in [1.82, 2.24) is 31.1 Å². The Morgan fingerprint density at radius 2 is 1.29 bits per heavy atom. The van der Waals surface area contributed by atoms with Gasteiger partial charge < -0.3 is 63.6 Å².